The van der Waals surface area contributed by atoms with Gasteiger partial charge in [-0.3, -0.25) is 0 Å². The van der Waals surface area contributed by atoms with Crippen LogP contribution in [-0.4, -0.2) is 29.2 Å². The lowest BCUT2D eigenvalue weighted by molar-refractivity contribution is -0.149. The third-order valence-electron chi connectivity index (χ3n) is 1.59. The molecule has 0 aromatic carbocycles. The van der Waals surface area contributed by atoms with Gasteiger partial charge in [-0.15, -0.1) is 9.60 Å². The Morgan fingerprint density at radius 1 is 1.67 bits per heavy atom. The molecule has 1 heterocycles. The normalized spacial score (nSPS) is 37.7. The third-order valence-corrected chi connectivity index (χ3v) is 1.59. The molecule has 0 saturated carbocycles. The fourth-order valence-corrected chi connectivity index (χ4v) is 0.966. The molecule has 0 spiro atoms. The van der Waals surface area contributed by atoms with Gasteiger partial charge in [0.2, 0.25) is 5.79 Å². The number of aliphatic hydroxyl groups excluding tert-OH is 1. The Hall–Kier alpha value is -0.220. The minimum Gasteiger partial charge on any atom is -0.391 e. The zero-order valence-corrected chi connectivity index (χ0v) is 4.98. The molecular weight excluding hydrogens is 128 g/mol. The number of hydrogen-bond donors (Lipinski definition) is 1. The van der Waals surface area contributed by atoms with E-state index in [1.165, 1.54) is 0 Å². The van der Waals surface area contributed by atoms with Crippen LogP contribution in [0.15, 0.2) is 0 Å². The van der Waals surface area contributed by atoms with Gasteiger partial charge in [-0.25, -0.2) is 4.39 Å². The number of hydrogen-bond acceptors (Lipinski definition) is 2. The minimum atomic E-state index is -2.08. The maximum Gasteiger partial charge on any atom is 0.213 e. The summed E-state index contributed by atoms with van der Waals surface area (Å²) in [7, 11) is 0. The van der Waals surface area contributed by atoms with Crippen molar-refractivity contribution in [2.75, 3.05) is 13.2 Å². The van der Waals surface area contributed by atoms with Gasteiger partial charge >= 0.3 is 0 Å². The summed E-state index contributed by atoms with van der Waals surface area (Å²) in [6.07, 6.45) is 0.577. The molecule has 1 aliphatic heterocycles. The van der Waals surface area contributed by atoms with Crippen LogP contribution in [0, 0.1) is 0 Å². The van der Waals surface area contributed by atoms with Crippen LogP contribution in [0.5, 0.6) is 0 Å². The molecular formula is C5H9F2NO. The molecule has 1 unspecified atom stereocenters. The summed E-state index contributed by atoms with van der Waals surface area (Å²) < 4.78 is 25.0. The molecule has 1 saturated heterocycles. The van der Waals surface area contributed by atoms with Crippen LogP contribution in [0.1, 0.15) is 12.8 Å². The predicted octanol–water partition coefficient (Wildman–Crippen LogP) is 0.625. The molecule has 1 N–H and O–H groups in total. The monoisotopic (exact) mass is 137 g/mol. The zero-order chi connectivity index (χ0) is 6.91. The van der Waals surface area contributed by atoms with E-state index >= 15 is 0 Å². The Morgan fingerprint density at radius 2 is 2.33 bits per heavy atom. The lowest BCUT2D eigenvalue weighted by atomic mass is 10.2. The lowest BCUT2D eigenvalue weighted by Crippen LogP contribution is -2.37. The topological polar surface area (TPSA) is 23.5 Å². The van der Waals surface area contributed by atoms with Crippen molar-refractivity contribution >= 4 is 0 Å². The number of halogens is 2. The van der Waals surface area contributed by atoms with E-state index in [4.69, 9.17) is 5.11 Å². The van der Waals surface area contributed by atoms with Crippen molar-refractivity contribution < 1.29 is 14.0 Å². The molecule has 9 heavy (non-hydrogen) atoms. The average molecular weight is 137 g/mol. The van der Waals surface area contributed by atoms with E-state index in [2.05, 4.69) is 0 Å². The van der Waals surface area contributed by atoms with E-state index in [1.54, 1.807) is 0 Å². The summed E-state index contributed by atoms with van der Waals surface area (Å²) in [5.41, 5.74) is 0. The molecule has 1 aliphatic rings. The standard InChI is InChI=1S/C5H9F2NO/c6-5(4-9)2-1-3-8(5)7/h9H,1-4H2. The van der Waals surface area contributed by atoms with E-state index < -0.39 is 12.4 Å². The molecule has 1 fully saturated rings. The van der Waals surface area contributed by atoms with Gasteiger partial charge in [-0.2, -0.15) is 0 Å². The number of aliphatic hydroxyl groups is 1. The molecule has 4 heteroatoms. The summed E-state index contributed by atoms with van der Waals surface area (Å²) in [5, 5.41) is 8.40. The number of nitrogens with zero attached hydrogens (tertiary/aromatic N) is 1. The first kappa shape index (κ1) is 6.89. The van der Waals surface area contributed by atoms with Gasteiger partial charge in [-0.05, 0) is 6.42 Å². The molecule has 0 bridgehead atoms. The van der Waals surface area contributed by atoms with Crippen molar-refractivity contribution in [3.63, 3.8) is 0 Å². The third kappa shape index (κ3) is 1.04. The van der Waals surface area contributed by atoms with E-state index in [1.807, 2.05) is 0 Å². The Balaban J connectivity index is 2.56. The maximum absolute atomic E-state index is 12.7. The van der Waals surface area contributed by atoms with Crippen molar-refractivity contribution in [3.05, 3.63) is 0 Å². The van der Waals surface area contributed by atoms with Crippen LogP contribution in [0.3, 0.4) is 0 Å². The van der Waals surface area contributed by atoms with Crippen LogP contribution in [-0.2, 0) is 0 Å². The first-order chi connectivity index (χ1) is 4.19. The molecule has 0 aromatic heterocycles. The van der Waals surface area contributed by atoms with Crippen molar-refractivity contribution in [1.82, 2.24) is 5.12 Å². The first-order valence-electron chi connectivity index (χ1n) is 2.92. The van der Waals surface area contributed by atoms with E-state index in [-0.39, 0.29) is 18.1 Å². The van der Waals surface area contributed by atoms with Gasteiger partial charge in [0.25, 0.3) is 0 Å². The summed E-state index contributed by atoms with van der Waals surface area (Å²) in [5.74, 6) is -2.08. The van der Waals surface area contributed by atoms with Gasteiger partial charge in [-0.1, -0.05) is 0 Å². The molecule has 0 aromatic rings. The van der Waals surface area contributed by atoms with Crippen LogP contribution in [0.25, 0.3) is 0 Å². The van der Waals surface area contributed by atoms with Crippen LogP contribution in [0.2, 0.25) is 0 Å². The fraction of sp³-hybridized carbons (Fsp3) is 1.00. The van der Waals surface area contributed by atoms with Crippen LogP contribution in [0.4, 0.5) is 8.87 Å². The summed E-state index contributed by atoms with van der Waals surface area (Å²) in [6, 6.07) is 0. The second-order valence-corrected chi connectivity index (χ2v) is 2.27. The van der Waals surface area contributed by atoms with Crippen LogP contribution < -0.4 is 0 Å². The molecule has 54 valence electrons. The highest BCUT2D eigenvalue weighted by Gasteiger charge is 2.41. The molecule has 0 radical (unpaired) electrons. The van der Waals surface area contributed by atoms with Crippen molar-refractivity contribution in [3.8, 4) is 0 Å². The molecule has 2 nitrogen and oxygen atoms in total. The Labute approximate surface area is 52.0 Å². The van der Waals surface area contributed by atoms with E-state index in [0.29, 0.717) is 6.42 Å². The van der Waals surface area contributed by atoms with Gasteiger partial charge in [0.1, 0.15) is 0 Å². The van der Waals surface area contributed by atoms with E-state index in [0.717, 1.165) is 0 Å². The predicted molar refractivity (Wildman–Crippen MR) is 28.0 cm³/mol. The van der Waals surface area contributed by atoms with Crippen molar-refractivity contribution in [2.24, 2.45) is 0 Å². The smallest absolute Gasteiger partial charge is 0.213 e. The summed E-state index contributed by atoms with van der Waals surface area (Å²) >= 11 is 0. The second kappa shape index (κ2) is 2.19. The molecule has 0 amide bonds. The molecule has 1 atom stereocenters. The van der Waals surface area contributed by atoms with Gasteiger partial charge in [0, 0.05) is 13.0 Å². The Morgan fingerprint density at radius 3 is 2.56 bits per heavy atom. The Kier molecular flexibility index (Phi) is 1.68. The summed E-state index contributed by atoms with van der Waals surface area (Å²) in [4.78, 5) is 0. The van der Waals surface area contributed by atoms with Crippen molar-refractivity contribution in [2.45, 2.75) is 18.6 Å². The van der Waals surface area contributed by atoms with Crippen molar-refractivity contribution in [1.29, 1.82) is 0 Å². The minimum absolute atomic E-state index is 0.0625. The number of alkyl halides is 1. The van der Waals surface area contributed by atoms with Gasteiger partial charge in [0.05, 0.1) is 6.61 Å². The fourth-order valence-electron chi connectivity index (χ4n) is 0.966. The van der Waals surface area contributed by atoms with E-state index in [9.17, 15) is 8.87 Å². The highest BCUT2D eigenvalue weighted by Crippen LogP contribution is 2.29. The highest BCUT2D eigenvalue weighted by atomic mass is 19.2. The van der Waals surface area contributed by atoms with Crippen LogP contribution >= 0.6 is 0 Å². The zero-order valence-electron chi connectivity index (χ0n) is 4.98. The highest BCUT2D eigenvalue weighted by molar-refractivity contribution is 4.80. The Bertz CT molecular complexity index is 111. The SMILES string of the molecule is OCC1(F)CCCN1F. The maximum atomic E-state index is 12.7. The van der Waals surface area contributed by atoms with Gasteiger partial charge in [0.15, 0.2) is 0 Å². The molecule has 1 rings (SSSR count). The average Bonchev–Trinajstić information content (AvgIpc) is 2.15. The quantitative estimate of drug-likeness (QED) is 0.423. The lowest BCUT2D eigenvalue weighted by Gasteiger charge is -2.19. The second-order valence-electron chi connectivity index (χ2n) is 2.27. The number of rotatable bonds is 1. The van der Waals surface area contributed by atoms with Gasteiger partial charge < -0.3 is 5.11 Å². The molecule has 0 aliphatic carbocycles. The summed E-state index contributed by atoms with van der Waals surface area (Å²) in [6.45, 7) is -0.652. The largest absolute Gasteiger partial charge is 0.391 e. The first-order valence-corrected chi connectivity index (χ1v) is 2.92.